The fraction of sp³-hybridized carbons (Fsp3) is 0.409. The summed E-state index contributed by atoms with van der Waals surface area (Å²) in [5.74, 6) is -0.280. The maximum Gasteiger partial charge on any atom is 0.315 e. The van der Waals surface area contributed by atoms with Crippen molar-refractivity contribution < 1.29 is 9.18 Å². The van der Waals surface area contributed by atoms with Gasteiger partial charge in [0, 0.05) is 31.2 Å². The van der Waals surface area contributed by atoms with Crippen LogP contribution in [-0.2, 0) is 13.1 Å². The maximum atomic E-state index is 13.2. The van der Waals surface area contributed by atoms with E-state index in [4.69, 9.17) is 0 Å². The Morgan fingerprint density at radius 1 is 1.00 bits per heavy atom. The molecule has 2 heterocycles. The zero-order valence-corrected chi connectivity index (χ0v) is 15.4. The van der Waals surface area contributed by atoms with E-state index in [1.165, 1.54) is 30.5 Å². The summed E-state index contributed by atoms with van der Waals surface area (Å²) in [4.78, 5) is 14.9. The number of nitrogens with one attached hydrogen (secondary N) is 2. The topological polar surface area (TPSA) is 44.4 Å². The Balaban J connectivity index is 1.27. The first-order valence-corrected chi connectivity index (χ1v) is 9.76. The lowest BCUT2D eigenvalue weighted by Crippen LogP contribution is -2.51. The van der Waals surface area contributed by atoms with Crippen molar-refractivity contribution in [2.45, 2.75) is 56.9 Å². The van der Waals surface area contributed by atoms with Crippen LogP contribution < -0.4 is 10.6 Å². The molecule has 2 N–H and O–H groups in total. The number of amides is 2. The summed E-state index contributed by atoms with van der Waals surface area (Å²) < 4.78 is 13.2. The molecular weight excluding hydrogens is 341 g/mol. The zero-order valence-electron chi connectivity index (χ0n) is 15.4. The third-order valence-electron chi connectivity index (χ3n) is 5.77. The van der Waals surface area contributed by atoms with Gasteiger partial charge in [-0.25, -0.2) is 9.18 Å². The number of hydrogen-bond acceptors (Lipinski definition) is 2. The Hall–Kier alpha value is -2.40. The minimum absolute atomic E-state index is 0.167. The van der Waals surface area contributed by atoms with E-state index in [1.54, 1.807) is 6.07 Å². The summed E-state index contributed by atoms with van der Waals surface area (Å²) >= 11 is 0. The largest absolute Gasteiger partial charge is 0.335 e. The van der Waals surface area contributed by atoms with Crippen molar-refractivity contribution in [1.29, 1.82) is 0 Å². The van der Waals surface area contributed by atoms with Gasteiger partial charge in [0.05, 0.1) is 0 Å². The maximum absolute atomic E-state index is 13.2. The Morgan fingerprint density at radius 2 is 1.70 bits per heavy atom. The lowest BCUT2D eigenvalue weighted by atomic mass is 9.96. The van der Waals surface area contributed by atoms with E-state index in [0.29, 0.717) is 18.6 Å². The number of hydrogen-bond donors (Lipinski definition) is 2. The van der Waals surface area contributed by atoms with Crippen molar-refractivity contribution >= 4 is 6.03 Å². The van der Waals surface area contributed by atoms with Gasteiger partial charge >= 0.3 is 6.03 Å². The Kier molecular flexibility index (Phi) is 5.39. The highest BCUT2D eigenvalue weighted by Crippen LogP contribution is 2.36. The minimum Gasteiger partial charge on any atom is -0.335 e. The molecule has 0 aromatic heterocycles. The van der Waals surface area contributed by atoms with Gasteiger partial charge in [-0.15, -0.1) is 0 Å². The molecule has 2 atom stereocenters. The van der Waals surface area contributed by atoms with Gasteiger partial charge in [-0.2, -0.15) is 0 Å². The van der Waals surface area contributed by atoms with Gasteiger partial charge in [-0.05, 0) is 48.9 Å². The molecule has 2 amide bonds. The average molecular weight is 367 g/mol. The van der Waals surface area contributed by atoms with Gasteiger partial charge in [0.15, 0.2) is 0 Å². The molecule has 142 valence electrons. The first-order valence-electron chi connectivity index (χ1n) is 9.76. The molecule has 2 bridgehead atoms. The van der Waals surface area contributed by atoms with E-state index in [9.17, 15) is 9.18 Å². The minimum atomic E-state index is -0.280. The lowest BCUT2D eigenvalue weighted by Gasteiger charge is -2.39. The zero-order chi connectivity index (χ0) is 18.6. The molecule has 0 saturated carbocycles. The van der Waals surface area contributed by atoms with Gasteiger partial charge in [-0.1, -0.05) is 42.5 Å². The van der Waals surface area contributed by atoms with Crippen LogP contribution in [0.4, 0.5) is 9.18 Å². The molecule has 2 aliphatic rings. The van der Waals surface area contributed by atoms with Crippen molar-refractivity contribution in [3.05, 3.63) is 71.5 Å². The van der Waals surface area contributed by atoms with Crippen LogP contribution in [0.15, 0.2) is 54.6 Å². The normalized spacial score (nSPS) is 24.6. The molecular formula is C22H26FN3O. The first kappa shape index (κ1) is 18.0. The van der Waals surface area contributed by atoms with Crippen LogP contribution in [0.25, 0.3) is 0 Å². The molecule has 4 nitrogen and oxygen atoms in total. The summed E-state index contributed by atoms with van der Waals surface area (Å²) in [7, 11) is 0. The predicted molar refractivity (Wildman–Crippen MR) is 104 cm³/mol. The molecule has 4 rings (SSSR count). The number of piperidine rings is 1. The highest BCUT2D eigenvalue weighted by atomic mass is 19.1. The third-order valence-corrected chi connectivity index (χ3v) is 5.77. The number of carbonyl (C=O) groups excluding carboxylic acids is 1. The SMILES string of the molecule is O=C(NCc1cccc(F)c1)NC1CC2CCC(C1)N2Cc1ccccc1. The molecule has 5 heteroatoms. The monoisotopic (exact) mass is 367 g/mol. The first-order chi connectivity index (χ1) is 13.2. The number of halogens is 1. The number of urea groups is 1. The fourth-order valence-corrected chi connectivity index (χ4v) is 4.51. The van der Waals surface area contributed by atoms with Gasteiger partial charge in [0.2, 0.25) is 0 Å². The van der Waals surface area contributed by atoms with E-state index in [-0.39, 0.29) is 17.9 Å². The van der Waals surface area contributed by atoms with Crippen molar-refractivity contribution in [1.82, 2.24) is 15.5 Å². The van der Waals surface area contributed by atoms with Gasteiger partial charge in [0.25, 0.3) is 0 Å². The molecule has 2 aromatic rings. The summed E-state index contributed by atoms with van der Waals surface area (Å²) in [5, 5.41) is 5.96. The standard InChI is InChI=1S/C22H26FN3O/c23-18-8-4-7-17(11-18)14-24-22(27)25-19-12-20-9-10-21(13-19)26(20)15-16-5-2-1-3-6-16/h1-8,11,19-21H,9-10,12-15H2,(H2,24,25,27). The van der Waals surface area contributed by atoms with Gasteiger partial charge in [-0.3, -0.25) is 4.90 Å². The summed E-state index contributed by atoms with van der Waals surface area (Å²) in [6.07, 6.45) is 4.41. The van der Waals surface area contributed by atoms with Crippen LogP contribution in [0, 0.1) is 5.82 Å². The number of benzene rings is 2. The van der Waals surface area contributed by atoms with E-state index in [2.05, 4.69) is 45.9 Å². The highest BCUT2D eigenvalue weighted by Gasteiger charge is 2.40. The Morgan fingerprint density at radius 3 is 2.41 bits per heavy atom. The van der Waals surface area contributed by atoms with E-state index < -0.39 is 0 Å². The van der Waals surface area contributed by atoms with Crippen LogP contribution in [-0.4, -0.2) is 29.1 Å². The van der Waals surface area contributed by atoms with Crippen LogP contribution in [0.1, 0.15) is 36.8 Å². The second-order valence-electron chi connectivity index (χ2n) is 7.67. The fourth-order valence-electron chi connectivity index (χ4n) is 4.51. The highest BCUT2D eigenvalue weighted by molar-refractivity contribution is 5.74. The summed E-state index contributed by atoms with van der Waals surface area (Å²) in [6.45, 7) is 1.33. The lowest BCUT2D eigenvalue weighted by molar-refractivity contribution is 0.111. The van der Waals surface area contributed by atoms with Crippen LogP contribution in [0.2, 0.25) is 0 Å². The second kappa shape index (κ2) is 8.09. The molecule has 2 unspecified atom stereocenters. The Labute approximate surface area is 159 Å². The summed E-state index contributed by atoms with van der Waals surface area (Å²) in [5.41, 5.74) is 2.12. The Bertz CT molecular complexity index is 768. The molecule has 27 heavy (non-hydrogen) atoms. The predicted octanol–water partition coefficient (Wildman–Crippen LogP) is 3.82. The van der Waals surface area contributed by atoms with E-state index >= 15 is 0 Å². The molecule has 2 aromatic carbocycles. The molecule has 2 saturated heterocycles. The van der Waals surface area contributed by atoms with Crippen molar-refractivity contribution in [2.75, 3.05) is 0 Å². The molecule has 0 aliphatic carbocycles. The second-order valence-corrected chi connectivity index (χ2v) is 7.67. The molecule has 0 spiro atoms. The smallest absolute Gasteiger partial charge is 0.315 e. The van der Waals surface area contributed by atoms with Crippen LogP contribution >= 0.6 is 0 Å². The van der Waals surface area contributed by atoms with Crippen molar-refractivity contribution in [2.24, 2.45) is 0 Å². The quantitative estimate of drug-likeness (QED) is 0.844. The average Bonchev–Trinajstić information content (AvgIpc) is 2.89. The third kappa shape index (κ3) is 4.48. The summed E-state index contributed by atoms with van der Waals surface area (Å²) in [6, 6.07) is 18.0. The molecule has 0 radical (unpaired) electrons. The van der Waals surface area contributed by atoms with Crippen molar-refractivity contribution in [3.8, 4) is 0 Å². The van der Waals surface area contributed by atoms with Gasteiger partial charge in [0.1, 0.15) is 5.82 Å². The number of fused-ring (bicyclic) bond motifs is 2. The number of nitrogens with zero attached hydrogens (tertiary/aromatic N) is 1. The number of carbonyl (C=O) groups is 1. The van der Waals surface area contributed by atoms with E-state index in [0.717, 1.165) is 24.9 Å². The molecule has 2 fully saturated rings. The van der Waals surface area contributed by atoms with E-state index in [1.807, 2.05) is 6.07 Å². The van der Waals surface area contributed by atoms with Crippen LogP contribution in [0.5, 0.6) is 0 Å². The van der Waals surface area contributed by atoms with Crippen LogP contribution in [0.3, 0.4) is 0 Å². The van der Waals surface area contributed by atoms with Gasteiger partial charge < -0.3 is 10.6 Å². The van der Waals surface area contributed by atoms with Crippen molar-refractivity contribution in [3.63, 3.8) is 0 Å². The number of rotatable bonds is 5. The molecule has 2 aliphatic heterocycles.